The molecule has 1 fully saturated rings. The number of fused-ring (bicyclic) bond motifs is 1. The molecule has 2 aliphatic heterocycles. The predicted octanol–water partition coefficient (Wildman–Crippen LogP) is 1.81. The molecule has 2 heterocycles. The lowest BCUT2D eigenvalue weighted by atomic mass is 9.89. The summed E-state index contributed by atoms with van der Waals surface area (Å²) in [5.74, 6) is 0.663. The molecule has 0 saturated carbocycles. The summed E-state index contributed by atoms with van der Waals surface area (Å²) >= 11 is 3.48. The van der Waals surface area contributed by atoms with Crippen molar-refractivity contribution in [2.24, 2.45) is 5.92 Å². The van der Waals surface area contributed by atoms with Crippen molar-refractivity contribution < 1.29 is 14.6 Å². The Labute approximate surface area is 125 Å². The fourth-order valence-corrected chi connectivity index (χ4v) is 3.32. The van der Waals surface area contributed by atoms with E-state index in [2.05, 4.69) is 26.6 Å². The maximum Gasteiger partial charge on any atom is 0.262 e. The van der Waals surface area contributed by atoms with E-state index in [0.29, 0.717) is 11.4 Å². The quantitative estimate of drug-likeness (QED) is 0.767. The summed E-state index contributed by atoms with van der Waals surface area (Å²) in [7, 11) is 0. The molecular weight excluding hydrogens is 324 g/mol. The van der Waals surface area contributed by atoms with Crippen molar-refractivity contribution in [2.75, 3.05) is 25.0 Å². The van der Waals surface area contributed by atoms with E-state index in [-0.39, 0.29) is 18.4 Å². The number of aliphatic hydroxyl groups is 1. The van der Waals surface area contributed by atoms with Gasteiger partial charge in [0.05, 0.1) is 11.8 Å². The van der Waals surface area contributed by atoms with Crippen LogP contribution in [0.4, 0.5) is 5.69 Å². The van der Waals surface area contributed by atoms with Crippen LogP contribution in [0, 0.1) is 5.92 Å². The smallest absolute Gasteiger partial charge is 0.262 e. The van der Waals surface area contributed by atoms with Crippen LogP contribution >= 0.6 is 15.9 Å². The Morgan fingerprint density at radius 2 is 2.30 bits per heavy atom. The van der Waals surface area contributed by atoms with Crippen molar-refractivity contribution in [1.29, 1.82) is 0 Å². The Kier molecular flexibility index (Phi) is 3.96. The zero-order valence-electron chi connectivity index (χ0n) is 11.0. The topological polar surface area (TPSA) is 70.6 Å². The highest BCUT2D eigenvalue weighted by atomic mass is 79.9. The minimum Gasteiger partial charge on any atom is -0.482 e. The molecule has 0 radical (unpaired) electrons. The molecule has 1 aromatic carbocycles. The summed E-state index contributed by atoms with van der Waals surface area (Å²) < 4.78 is 6.20. The summed E-state index contributed by atoms with van der Waals surface area (Å²) in [6, 6.07) is 3.61. The van der Waals surface area contributed by atoms with E-state index in [9.17, 15) is 9.90 Å². The number of hydrogen-bond donors (Lipinski definition) is 3. The van der Waals surface area contributed by atoms with Gasteiger partial charge in [0.2, 0.25) is 0 Å². The first-order chi connectivity index (χ1) is 9.65. The molecule has 0 aliphatic carbocycles. The number of ether oxygens (including phenoxy) is 1. The first kappa shape index (κ1) is 13.9. The standard InChI is InChI=1S/C14H17BrN2O3/c15-10-5-11-12(20-7-13(18)17-11)4-9(10)14(19)8-2-1-3-16-6-8/h4-5,8,14,16,19H,1-3,6-7H2,(H,17,18). The summed E-state index contributed by atoms with van der Waals surface area (Å²) in [4.78, 5) is 11.3. The molecule has 0 aromatic heterocycles. The molecular formula is C14H17BrN2O3. The number of anilines is 1. The Morgan fingerprint density at radius 1 is 1.45 bits per heavy atom. The number of rotatable bonds is 2. The maximum atomic E-state index is 11.3. The minimum absolute atomic E-state index is 0.0230. The molecule has 2 unspecified atom stereocenters. The molecule has 0 bridgehead atoms. The van der Waals surface area contributed by atoms with Crippen LogP contribution in [-0.4, -0.2) is 30.7 Å². The van der Waals surface area contributed by atoms with Gasteiger partial charge in [-0.25, -0.2) is 0 Å². The van der Waals surface area contributed by atoms with E-state index < -0.39 is 6.10 Å². The molecule has 20 heavy (non-hydrogen) atoms. The van der Waals surface area contributed by atoms with Crippen molar-refractivity contribution in [2.45, 2.75) is 18.9 Å². The Morgan fingerprint density at radius 3 is 3.05 bits per heavy atom. The van der Waals surface area contributed by atoms with Crippen LogP contribution < -0.4 is 15.4 Å². The van der Waals surface area contributed by atoms with Gasteiger partial charge in [0.1, 0.15) is 5.75 Å². The third-order valence-corrected chi connectivity index (χ3v) is 4.52. The number of aliphatic hydroxyl groups excluding tert-OH is 1. The third kappa shape index (κ3) is 2.68. The molecule has 1 saturated heterocycles. The number of benzene rings is 1. The van der Waals surface area contributed by atoms with Gasteiger partial charge >= 0.3 is 0 Å². The fourth-order valence-electron chi connectivity index (χ4n) is 2.74. The SMILES string of the molecule is O=C1COc2cc(C(O)C3CCCNC3)c(Br)cc2N1. The zero-order valence-corrected chi connectivity index (χ0v) is 12.6. The molecule has 3 N–H and O–H groups in total. The average molecular weight is 341 g/mol. The van der Waals surface area contributed by atoms with Crippen LogP contribution in [0.1, 0.15) is 24.5 Å². The molecule has 108 valence electrons. The molecule has 2 aliphatic rings. The number of hydrogen-bond acceptors (Lipinski definition) is 4. The Hall–Kier alpha value is -1.11. The molecule has 3 rings (SSSR count). The molecule has 2 atom stereocenters. The molecule has 1 amide bonds. The van der Waals surface area contributed by atoms with E-state index in [4.69, 9.17) is 4.74 Å². The third-order valence-electron chi connectivity index (χ3n) is 3.83. The summed E-state index contributed by atoms with van der Waals surface area (Å²) in [5.41, 5.74) is 1.46. The second kappa shape index (κ2) is 5.71. The van der Waals surface area contributed by atoms with Crippen LogP contribution in [-0.2, 0) is 4.79 Å². The maximum absolute atomic E-state index is 11.3. The summed E-state index contributed by atoms with van der Waals surface area (Å²) in [6.45, 7) is 1.86. The summed E-state index contributed by atoms with van der Waals surface area (Å²) in [6.07, 6.45) is 1.55. The van der Waals surface area contributed by atoms with E-state index in [1.165, 1.54) is 0 Å². The predicted molar refractivity (Wildman–Crippen MR) is 78.8 cm³/mol. The highest BCUT2D eigenvalue weighted by molar-refractivity contribution is 9.10. The van der Waals surface area contributed by atoms with Crippen LogP contribution in [0.3, 0.4) is 0 Å². The average Bonchev–Trinajstić information content (AvgIpc) is 2.46. The van der Waals surface area contributed by atoms with Crippen LogP contribution in [0.2, 0.25) is 0 Å². The lowest BCUT2D eigenvalue weighted by Crippen LogP contribution is -2.33. The van der Waals surface area contributed by atoms with Gasteiger partial charge in [0.25, 0.3) is 5.91 Å². The first-order valence-electron chi connectivity index (χ1n) is 6.80. The summed E-state index contributed by atoms with van der Waals surface area (Å²) in [5, 5.41) is 16.6. The van der Waals surface area contributed by atoms with Gasteiger partial charge in [-0.1, -0.05) is 15.9 Å². The zero-order chi connectivity index (χ0) is 14.1. The molecule has 6 heteroatoms. The van der Waals surface area contributed by atoms with E-state index in [1.54, 1.807) is 6.07 Å². The normalized spacial score (nSPS) is 23.5. The first-order valence-corrected chi connectivity index (χ1v) is 7.59. The van der Waals surface area contributed by atoms with Crippen molar-refractivity contribution in [3.05, 3.63) is 22.2 Å². The van der Waals surface area contributed by atoms with Crippen LogP contribution in [0.5, 0.6) is 5.75 Å². The number of halogens is 1. The van der Waals surface area contributed by atoms with Gasteiger partial charge in [-0.15, -0.1) is 0 Å². The van der Waals surface area contributed by atoms with E-state index in [0.717, 1.165) is 36.0 Å². The molecule has 0 spiro atoms. The van der Waals surface area contributed by atoms with Crippen LogP contribution in [0.15, 0.2) is 16.6 Å². The van der Waals surface area contributed by atoms with Gasteiger partial charge in [-0.2, -0.15) is 0 Å². The van der Waals surface area contributed by atoms with Gasteiger partial charge in [0, 0.05) is 16.9 Å². The lowest BCUT2D eigenvalue weighted by Gasteiger charge is -2.29. The van der Waals surface area contributed by atoms with E-state index in [1.807, 2.05) is 6.07 Å². The van der Waals surface area contributed by atoms with Crippen molar-refractivity contribution >= 4 is 27.5 Å². The van der Waals surface area contributed by atoms with E-state index >= 15 is 0 Å². The van der Waals surface area contributed by atoms with Crippen molar-refractivity contribution in [3.63, 3.8) is 0 Å². The Bertz CT molecular complexity index is 529. The minimum atomic E-state index is -0.538. The lowest BCUT2D eigenvalue weighted by molar-refractivity contribution is -0.118. The number of amides is 1. The van der Waals surface area contributed by atoms with Gasteiger partial charge in [0.15, 0.2) is 6.61 Å². The van der Waals surface area contributed by atoms with Crippen molar-refractivity contribution in [3.8, 4) is 5.75 Å². The largest absolute Gasteiger partial charge is 0.482 e. The number of nitrogens with one attached hydrogen (secondary N) is 2. The molecule has 5 nitrogen and oxygen atoms in total. The molecule has 1 aromatic rings. The number of carbonyl (C=O) groups excluding carboxylic acids is 1. The van der Waals surface area contributed by atoms with Crippen molar-refractivity contribution in [1.82, 2.24) is 5.32 Å². The highest BCUT2D eigenvalue weighted by Gasteiger charge is 2.27. The monoisotopic (exact) mass is 340 g/mol. The van der Waals surface area contributed by atoms with Gasteiger partial charge in [-0.05, 0) is 37.1 Å². The fraction of sp³-hybridized carbons (Fsp3) is 0.500. The second-order valence-corrected chi connectivity index (χ2v) is 6.11. The second-order valence-electron chi connectivity index (χ2n) is 5.26. The highest BCUT2D eigenvalue weighted by Crippen LogP contribution is 2.39. The number of carbonyl (C=O) groups is 1. The van der Waals surface area contributed by atoms with Gasteiger partial charge in [-0.3, -0.25) is 4.79 Å². The van der Waals surface area contributed by atoms with Gasteiger partial charge < -0.3 is 20.5 Å². The Balaban J connectivity index is 1.87. The number of piperidine rings is 1. The van der Waals surface area contributed by atoms with Crippen LogP contribution in [0.25, 0.3) is 0 Å².